The quantitative estimate of drug-likeness (QED) is 0.566. The van der Waals surface area contributed by atoms with Crippen molar-refractivity contribution in [3.63, 3.8) is 0 Å². The summed E-state index contributed by atoms with van der Waals surface area (Å²) in [6.07, 6.45) is 4.86. The Balaban J connectivity index is 5.26. The van der Waals surface area contributed by atoms with Crippen LogP contribution >= 0.6 is 7.52 Å². The van der Waals surface area contributed by atoms with Crippen LogP contribution < -0.4 is 0 Å². The molecule has 0 aromatic rings. The van der Waals surface area contributed by atoms with E-state index in [1.807, 2.05) is 25.4 Å². The minimum Gasteiger partial charge on any atom is -0.315 e. The van der Waals surface area contributed by atoms with Crippen LogP contribution in [0.5, 0.6) is 0 Å². The summed E-state index contributed by atoms with van der Waals surface area (Å²) in [4.78, 5) is 0. The predicted octanol–water partition coefficient (Wildman–Crippen LogP) is 4.65. The fraction of sp³-hybridized carbons (Fsp3) is 0.846. The van der Waals surface area contributed by atoms with Gasteiger partial charge >= 0.3 is 0 Å². The Labute approximate surface area is 107 Å². The maximum absolute atomic E-state index is 13.1. The van der Waals surface area contributed by atoms with Crippen molar-refractivity contribution in [2.24, 2.45) is 0 Å². The van der Waals surface area contributed by atoms with Gasteiger partial charge in [0.15, 0.2) is 0 Å². The van der Waals surface area contributed by atoms with Gasteiger partial charge < -0.3 is 4.52 Å². The van der Waals surface area contributed by atoms with Crippen molar-refractivity contribution < 1.29 is 9.09 Å². The number of hydrogen-bond donors (Lipinski definition) is 0. The number of rotatable bonds is 9. The molecule has 0 aliphatic rings. The molecule has 0 aliphatic heterocycles. The fourth-order valence-corrected chi connectivity index (χ4v) is 4.67. The van der Waals surface area contributed by atoms with E-state index in [0.29, 0.717) is 6.61 Å². The van der Waals surface area contributed by atoms with E-state index < -0.39 is 7.52 Å². The molecule has 0 saturated heterocycles. The Morgan fingerprint density at radius 1 is 1.18 bits per heavy atom. The van der Waals surface area contributed by atoms with Gasteiger partial charge in [-0.2, -0.15) is 0 Å². The molecular formula is C13H28NO2P. The van der Waals surface area contributed by atoms with E-state index >= 15 is 0 Å². The van der Waals surface area contributed by atoms with Crippen LogP contribution in [0.3, 0.4) is 0 Å². The number of hydrogen-bond acceptors (Lipinski definition) is 2. The normalized spacial score (nSPS) is 16.2. The number of allylic oxidation sites excluding steroid dienone is 2. The van der Waals surface area contributed by atoms with Crippen LogP contribution in [0.25, 0.3) is 0 Å². The standard InChI is InChI=1S/C13H28NO2P/c1-6-11-13(12-7-2)17(15,16-10-5)14(8-3)9-4/h11H,6-10,12H2,1-5H3/b13-11+. The van der Waals surface area contributed by atoms with Gasteiger partial charge in [0, 0.05) is 18.4 Å². The molecule has 0 spiro atoms. The predicted molar refractivity (Wildman–Crippen MR) is 75.4 cm³/mol. The lowest BCUT2D eigenvalue weighted by atomic mass is 10.3. The molecule has 3 nitrogen and oxygen atoms in total. The zero-order valence-corrected chi connectivity index (χ0v) is 12.9. The van der Waals surface area contributed by atoms with E-state index in [4.69, 9.17) is 4.52 Å². The molecule has 4 heteroatoms. The topological polar surface area (TPSA) is 29.5 Å². The van der Waals surface area contributed by atoms with Gasteiger partial charge in [0.25, 0.3) is 7.52 Å². The van der Waals surface area contributed by atoms with Gasteiger partial charge in [-0.15, -0.1) is 0 Å². The first kappa shape index (κ1) is 16.9. The molecule has 0 amide bonds. The van der Waals surface area contributed by atoms with Crippen molar-refractivity contribution in [1.29, 1.82) is 0 Å². The van der Waals surface area contributed by atoms with Crippen LogP contribution in [-0.4, -0.2) is 24.4 Å². The third-order valence-corrected chi connectivity index (χ3v) is 5.77. The largest absolute Gasteiger partial charge is 0.315 e. The smallest absolute Gasteiger partial charge is 0.297 e. The molecule has 0 saturated carbocycles. The van der Waals surface area contributed by atoms with Crippen molar-refractivity contribution in [3.8, 4) is 0 Å². The zero-order chi connectivity index (χ0) is 13.3. The zero-order valence-electron chi connectivity index (χ0n) is 12.0. The van der Waals surface area contributed by atoms with Gasteiger partial charge in [0.2, 0.25) is 0 Å². The molecule has 17 heavy (non-hydrogen) atoms. The van der Waals surface area contributed by atoms with E-state index in [-0.39, 0.29) is 0 Å². The first-order valence-corrected chi connectivity index (χ1v) is 8.37. The summed E-state index contributed by atoms with van der Waals surface area (Å²) in [6, 6.07) is 0. The van der Waals surface area contributed by atoms with Crippen LogP contribution in [0.4, 0.5) is 0 Å². The molecule has 0 N–H and O–H groups in total. The lowest BCUT2D eigenvalue weighted by molar-refractivity contribution is 0.283. The van der Waals surface area contributed by atoms with Gasteiger partial charge in [-0.1, -0.05) is 40.2 Å². The molecule has 0 radical (unpaired) electrons. The van der Waals surface area contributed by atoms with Gasteiger partial charge in [0.1, 0.15) is 0 Å². The van der Waals surface area contributed by atoms with Gasteiger partial charge in [-0.3, -0.25) is 4.57 Å². The maximum Gasteiger partial charge on any atom is 0.297 e. The monoisotopic (exact) mass is 261 g/mol. The summed E-state index contributed by atoms with van der Waals surface area (Å²) in [7, 11) is -2.78. The highest BCUT2D eigenvalue weighted by Gasteiger charge is 2.33. The molecule has 0 heterocycles. The molecule has 0 aliphatic carbocycles. The Hall–Kier alpha value is -0.110. The fourth-order valence-electron chi connectivity index (χ4n) is 1.97. The Kier molecular flexibility index (Phi) is 8.85. The highest BCUT2D eigenvalue weighted by atomic mass is 31.2. The van der Waals surface area contributed by atoms with Gasteiger partial charge in [-0.05, 0) is 19.8 Å². The van der Waals surface area contributed by atoms with E-state index in [1.54, 1.807) is 0 Å². The summed E-state index contributed by atoms with van der Waals surface area (Å²) in [5, 5.41) is 0.994. The Morgan fingerprint density at radius 2 is 1.76 bits per heavy atom. The van der Waals surface area contributed by atoms with Crippen molar-refractivity contribution in [3.05, 3.63) is 11.4 Å². The summed E-state index contributed by atoms with van der Waals surface area (Å²) in [5.41, 5.74) is 0. The van der Waals surface area contributed by atoms with Crippen molar-refractivity contribution in [2.75, 3.05) is 19.7 Å². The highest BCUT2D eigenvalue weighted by molar-refractivity contribution is 7.61. The second-order valence-electron chi connectivity index (χ2n) is 3.93. The molecule has 1 unspecified atom stereocenters. The summed E-state index contributed by atoms with van der Waals surface area (Å²) < 4.78 is 20.7. The minimum atomic E-state index is -2.78. The third-order valence-electron chi connectivity index (χ3n) is 2.72. The highest BCUT2D eigenvalue weighted by Crippen LogP contribution is 2.59. The first-order valence-electron chi connectivity index (χ1n) is 6.80. The van der Waals surface area contributed by atoms with Crippen molar-refractivity contribution in [1.82, 2.24) is 4.67 Å². The molecule has 0 rings (SSSR count). The molecule has 0 aromatic heterocycles. The lowest BCUT2D eigenvalue weighted by Crippen LogP contribution is -2.22. The Morgan fingerprint density at radius 3 is 2.12 bits per heavy atom. The maximum atomic E-state index is 13.1. The second-order valence-corrected chi connectivity index (χ2v) is 6.37. The molecule has 102 valence electrons. The van der Waals surface area contributed by atoms with Crippen molar-refractivity contribution >= 4 is 7.52 Å². The number of nitrogens with zero attached hydrogens (tertiary/aromatic N) is 1. The van der Waals surface area contributed by atoms with E-state index in [1.165, 1.54) is 0 Å². The van der Waals surface area contributed by atoms with Crippen LogP contribution in [0.2, 0.25) is 0 Å². The van der Waals surface area contributed by atoms with Crippen LogP contribution in [0.1, 0.15) is 53.9 Å². The Bertz CT molecular complexity index is 273. The third kappa shape index (κ3) is 4.57. The van der Waals surface area contributed by atoms with E-state index in [2.05, 4.69) is 19.9 Å². The molecular weight excluding hydrogens is 233 g/mol. The molecule has 1 atom stereocenters. The summed E-state index contributed by atoms with van der Waals surface area (Å²) >= 11 is 0. The van der Waals surface area contributed by atoms with E-state index in [9.17, 15) is 4.57 Å². The average Bonchev–Trinajstić information content (AvgIpc) is 2.30. The summed E-state index contributed by atoms with van der Waals surface area (Å²) in [5.74, 6) is 0. The average molecular weight is 261 g/mol. The molecule has 0 fully saturated rings. The first-order chi connectivity index (χ1) is 8.10. The molecule has 0 aromatic carbocycles. The van der Waals surface area contributed by atoms with Crippen LogP contribution in [0, 0.1) is 0 Å². The second kappa shape index (κ2) is 8.91. The van der Waals surface area contributed by atoms with E-state index in [0.717, 1.165) is 37.7 Å². The van der Waals surface area contributed by atoms with Crippen molar-refractivity contribution in [2.45, 2.75) is 53.9 Å². The lowest BCUT2D eigenvalue weighted by Gasteiger charge is -2.31. The van der Waals surface area contributed by atoms with Gasteiger partial charge in [0.05, 0.1) is 6.61 Å². The van der Waals surface area contributed by atoms with Crippen LogP contribution in [0.15, 0.2) is 11.4 Å². The molecule has 0 bridgehead atoms. The van der Waals surface area contributed by atoms with Crippen LogP contribution in [-0.2, 0) is 9.09 Å². The minimum absolute atomic E-state index is 0.499. The summed E-state index contributed by atoms with van der Waals surface area (Å²) in [6.45, 7) is 12.2. The van der Waals surface area contributed by atoms with Gasteiger partial charge in [-0.25, -0.2) is 4.67 Å². The SMILES string of the molecule is CC/C=C(\CCC)P(=O)(OCC)N(CC)CC.